The zero-order valence-electron chi connectivity index (χ0n) is 15.8. The molecule has 1 unspecified atom stereocenters. The van der Waals surface area contributed by atoms with E-state index >= 15 is 0 Å². The Balaban J connectivity index is 1.63. The molecule has 2 aromatic rings. The van der Waals surface area contributed by atoms with Crippen LogP contribution in [0.5, 0.6) is 0 Å². The Morgan fingerprint density at radius 3 is 2.78 bits per heavy atom. The number of hydrogen-bond acceptors (Lipinski definition) is 4. The zero-order chi connectivity index (χ0) is 19.6. The fourth-order valence-corrected chi connectivity index (χ4v) is 3.33. The predicted molar refractivity (Wildman–Crippen MR) is 97.6 cm³/mol. The number of benzene rings is 1. The van der Waals surface area contributed by atoms with Crippen LogP contribution in [0.15, 0.2) is 22.7 Å². The normalized spacial score (nSPS) is 17.7. The van der Waals surface area contributed by atoms with Crippen molar-refractivity contribution in [2.75, 3.05) is 6.54 Å². The average Bonchev–Trinajstić information content (AvgIpc) is 2.82. The van der Waals surface area contributed by atoms with Crippen LogP contribution in [0, 0.1) is 26.6 Å². The molecule has 3 rings (SSSR count). The van der Waals surface area contributed by atoms with Gasteiger partial charge in [0.05, 0.1) is 17.8 Å². The molecular formula is C20H24FN3O3. The highest BCUT2D eigenvalue weighted by Crippen LogP contribution is 2.20. The molecule has 1 N–H and O–H groups in total. The number of nitrogens with one attached hydrogen (secondary N) is 1. The van der Waals surface area contributed by atoms with E-state index in [0.29, 0.717) is 38.1 Å². The molecule has 1 fully saturated rings. The molecule has 0 radical (unpaired) electrons. The number of aromatic nitrogens is 1. The number of rotatable bonds is 4. The van der Waals surface area contributed by atoms with Crippen LogP contribution in [0.4, 0.5) is 4.39 Å². The highest BCUT2D eigenvalue weighted by molar-refractivity contribution is 5.94. The molecule has 7 heteroatoms. The van der Waals surface area contributed by atoms with Gasteiger partial charge < -0.3 is 14.7 Å². The highest BCUT2D eigenvalue weighted by atomic mass is 19.1. The molecule has 1 aromatic heterocycles. The second kappa shape index (κ2) is 7.90. The number of likely N-dealkylation sites (tertiary alicyclic amines) is 1. The van der Waals surface area contributed by atoms with Crippen LogP contribution in [0.3, 0.4) is 0 Å². The summed E-state index contributed by atoms with van der Waals surface area (Å²) in [7, 11) is 0. The summed E-state index contributed by atoms with van der Waals surface area (Å²) in [6.45, 7) is 6.43. The molecule has 2 amide bonds. The third-order valence-electron chi connectivity index (χ3n) is 5.04. The fraction of sp³-hybridized carbons (Fsp3) is 0.450. The Morgan fingerprint density at radius 1 is 1.33 bits per heavy atom. The monoisotopic (exact) mass is 373 g/mol. The molecule has 1 aromatic carbocycles. The Bertz CT molecular complexity index is 843. The van der Waals surface area contributed by atoms with Gasteiger partial charge in [0.2, 0.25) is 5.91 Å². The summed E-state index contributed by atoms with van der Waals surface area (Å²) in [5, 5.41) is 6.80. The minimum Gasteiger partial charge on any atom is -0.361 e. The fourth-order valence-electron chi connectivity index (χ4n) is 3.33. The third kappa shape index (κ3) is 4.35. The molecule has 0 spiro atoms. The van der Waals surface area contributed by atoms with E-state index in [2.05, 4.69) is 10.5 Å². The summed E-state index contributed by atoms with van der Waals surface area (Å²) in [4.78, 5) is 26.6. The standard InChI is InChI=1S/C20H24FN3O3/c1-12-4-6-16(18(21)10-12)20(26)22-15-5-7-19(25)24(9-8-15)11-17-13(2)23-27-14(17)3/h4,6,10,15H,5,7-9,11H2,1-3H3,(H,22,26). The average molecular weight is 373 g/mol. The Labute approximate surface area is 157 Å². The van der Waals surface area contributed by atoms with Gasteiger partial charge in [-0.1, -0.05) is 11.2 Å². The molecule has 0 bridgehead atoms. The lowest BCUT2D eigenvalue weighted by atomic mass is 10.1. The quantitative estimate of drug-likeness (QED) is 0.894. The maximum absolute atomic E-state index is 14.0. The summed E-state index contributed by atoms with van der Waals surface area (Å²) in [5.74, 6) is -0.223. The topological polar surface area (TPSA) is 75.4 Å². The summed E-state index contributed by atoms with van der Waals surface area (Å²) in [5.41, 5.74) is 2.50. The maximum atomic E-state index is 14.0. The highest BCUT2D eigenvalue weighted by Gasteiger charge is 2.26. The first-order valence-electron chi connectivity index (χ1n) is 9.11. The molecule has 1 atom stereocenters. The molecule has 2 heterocycles. The first-order chi connectivity index (χ1) is 12.8. The third-order valence-corrected chi connectivity index (χ3v) is 5.04. The van der Waals surface area contributed by atoms with E-state index in [4.69, 9.17) is 4.52 Å². The summed E-state index contributed by atoms with van der Waals surface area (Å²) in [6, 6.07) is 4.37. The first-order valence-corrected chi connectivity index (χ1v) is 9.11. The lowest BCUT2D eigenvalue weighted by molar-refractivity contribution is -0.131. The van der Waals surface area contributed by atoms with E-state index in [1.807, 2.05) is 13.8 Å². The molecule has 1 aliphatic heterocycles. The SMILES string of the molecule is Cc1ccc(C(=O)NC2CCC(=O)N(Cc3c(C)noc3C)CC2)c(F)c1. The van der Waals surface area contributed by atoms with E-state index in [-0.39, 0.29) is 17.5 Å². The number of aryl methyl sites for hydroxylation is 3. The lowest BCUT2D eigenvalue weighted by Crippen LogP contribution is -2.36. The van der Waals surface area contributed by atoms with Gasteiger partial charge in [0.25, 0.3) is 5.91 Å². The van der Waals surface area contributed by atoms with Crippen molar-refractivity contribution in [2.45, 2.75) is 52.6 Å². The minimum absolute atomic E-state index is 0.0313. The van der Waals surface area contributed by atoms with E-state index in [1.54, 1.807) is 17.9 Å². The molecule has 6 nitrogen and oxygen atoms in total. The largest absolute Gasteiger partial charge is 0.361 e. The van der Waals surface area contributed by atoms with Crippen LogP contribution < -0.4 is 5.32 Å². The molecule has 144 valence electrons. The van der Waals surface area contributed by atoms with Crippen LogP contribution >= 0.6 is 0 Å². The number of hydrogen-bond donors (Lipinski definition) is 1. The van der Waals surface area contributed by atoms with E-state index in [1.165, 1.54) is 12.1 Å². The number of carbonyl (C=O) groups is 2. The van der Waals surface area contributed by atoms with Gasteiger partial charge in [-0.25, -0.2) is 4.39 Å². The van der Waals surface area contributed by atoms with Gasteiger partial charge in [0, 0.05) is 24.6 Å². The second-order valence-corrected chi connectivity index (χ2v) is 7.10. The lowest BCUT2D eigenvalue weighted by Gasteiger charge is -2.21. The van der Waals surface area contributed by atoms with Crippen molar-refractivity contribution < 1.29 is 18.5 Å². The van der Waals surface area contributed by atoms with Gasteiger partial charge in [-0.15, -0.1) is 0 Å². The van der Waals surface area contributed by atoms with Crippen molar-refractivity contribution in [3.05, 3.63) is 52.2 Å². The molecule has 1 saturated heterocycles. The molecule has 1 aliphatic rings. The van der Waals surface area contributed by atoms with Crippen molar-refractivity contribution in [1.82, 2.24) is 15.4 Å². The first kappa shape index (κ1) is 19.1. The van der Waals surface area contributed by atoms with Gasteiger partial charge in [-0.2, -0.15) is 0 Å². The Hall–Kier alpha value is -2.70. The van der Waals surface area contributed by atoms with Crippen LogP contribution in [0.25, 0.3) is 0 Å². The molecule has 27 heavy (non-hydrogen) atoms. The van der Waals surface area contributed by atoms with Crippen molar-refractivity contribution in [3.8, 4) is 0 Å². The number of amides is 2. The summed E-state index contributed by atoms with van der Waals surface area (Å²) < 4.78 is 19.2. The zero-order valence-corrected chi connectivity index (χ0v) is 15.8. The van der Waals surface area contributed by atoms with Crippen LogP contribution in [0.1, 0.15) is 52.2 Å². The van der Waals surface area contributed by atoms with Crippen LogP contribution in [-0.2, 0) is 11.3 Å². The van der Waals surface area contributed by atoms with Gasteiger partial charge in [-0.3, -0.25) is 9.59 Å². The van der Waals surface area contributed by atoms with E-state index in [0.717, 1.165) is 16.8 Å². The van der Waals surface area contributed by atoms with Crippen molar-refractivity contribution in [3.63, 3.8) is 0 Å². The van der Waals surface area contributed by atoms with Gasteiger partial charge in [0.15, 0.2) is 0 Å². The summed E-state index contributed by atoms with van der Waals surface area (Å²) >= 11 is 0. The van der Waals surface area contributed by atoms with E-state index < -0.39 is 11.7 Å². The maximum Gasteiger partial charge on any atom is 0.254 e. The van der Waals surface area contributed by atoms with Crippen molar-refractivity contribution >= 4 is 11.8 Å². The second-order valence-electron chi connectivity index (χ2n) is 7.10. The predicted octanol–water partition coefficient (Wildman–Crippen LogP) is 3.05. The molecular weight excluding hydrogens is 349 g/mol. The van der Waals surface area contributed by atoms with Crippen LogP contribution in [-0.4, -0.2) is 34.5 Å². The molecule has 0 aliphatic carbocycles. The van der Waals surface area contributed by atoms with Crippen LogP contribution in [0.2, 0.25) is 0 Å². The van der Waals surface area contributed by atoms with Gasteiger partial charge >= 0.3 is 0 Å². The Morgan fingerprint density at radius 2 is 2.11 bits per heavy atom. The molecule has 0 saturated carbocycles. The minimum atomic E-state index is -0.530. The van der Waals surface area contributed by atoms with Gasteiger partial charge in [0.1, 0.15) is 11.6 Å². The van der Waals surface area contributed by atoms with Crippen molar-refractivity contribution in [2.24, 2.45) is 0 Å². The Kier molecular flexibility index (Phi) is 5.58. The number of carbonyl (C=O) groups excluding carboxylic acids is 2. The smallest absolute Gasteiger partial charge is 0.254 e. The van der Waals surface area contributed by atoms with Gasteiger partial charge in [-0.05, 0) is 51.3 Å². The van der Waals surface area contributed by atoms with Crippen molar-refractivity contribution in [1.29, 1.82) is 0 Å². The van der Waals surface area contributed by atoms with E-state index in [9.17, 15) is 14.0 Å². The summed E-state index contributed by atoms with van der Waals surface area (Å²) in [6.07, 6.45) is 1.50. The number of nitrogens with zero attached hydrogens (tertiary/aromatic N) is 2. The number of halogens is 1.